The second kappa shape index (κ2) is 5.09. The molecule has 78 valence electrons. The summed E-state index contributed by atoms with van der Waals surface area (Å²) in [7, 11) is 1.25. The Morgan fingerprint density at radius 2 is 1.79 bits per heavy atom. The fourth-order valence-electron chi connectivity index (χ4n) is 1.41. The summed E-state index contributed by atoms with van der Waals surface area (Å²) in [6.07, 6.45) is 1.33. The van der Waals surface area contributed by atoms with E-state index < -0.39 is 7.59 Å². The maximum absolute atomic E-state index is 2.58. The van der Waals surface area contributed by atoms with Crippen LogP contribution in [0.1, 0.15) is 11.1 Å². The van der Waals surface area contributed by atoms with E-state index in [1.54, 1.807) is 5.56 Å². The van der Waals surface area contributed by atoms with Crippen LogP contribution in [0.4, 0.5) is 0 Å². The highest BCUT2D eigenvalue weighted by Crippen LogP contribution is 2.13. The lowest BCUT2D eigenvalue weighted by atomic mass is 10.1. The Hall–Kier alpha value is -0.129. The van der Waals surface area contributed by atoms with Crippen LogP contribution in [0.2, 0.25) is 19.1 Å². The average molecular weight is 239 g/mol. The van der Waals surface area contributed by atoms with Crippen molar-refractivity contribution in [2.45, 2.75) is 32.5 Å². The fourth-order valence-corrected chi connectivity index (χ4v) is 7.51. The molecule has 0 bridgehead atoms. The molecule has 0 aliphatic heterocycles. The van der Waals surface area contributed by atoms with Crippen LogP contribution in [0.15, 0.2) is 24.3 Å². The molecule has 0 radical (unpaired) electrons. The van der Waals surface area contributed by atoms with Crippen LogP contribution in [0.5, 0.6) is 0 Å². The van der Waals surface area contributed by atoms with Crippen molar-refractivity contribution in [1.82, 2.24) is 0 Å². The van der Waals surface area contributed by atoms with Crippen LogP contribution in [0.25, 0.3) is 0 Å². The van der Waals surface area contributed by atoms with Gasteiger partial charge >= 0.3 is 0 Å². The molecule has 0 aliphatic carbocycles. The SMILES string of the molecule is Cc1ccc(CC[Si](C)(C)[SiH2][SiH3])cc1. The van der Waals surface area contributed by atoms with E-state index >= 15 is 0 Å². The van der Waals surface area contributed by atoms with E-state index in [4.69, 9.17) is 0 Å². The largest absolute Gasteiger partial charge is 0.0720 e. The van der Waals surface area contributed by atoms with Gasteiger partial charge < -0.3 is 0 Å². The Morgan fingerprint density at radius 1 is 1.21 bits per heavy atom. The predicted molar refractivity (Wildman–Crippen MR) is 75.7 cm³/mol. The summed E-state index contributed by atoms with van der Waals surface area (Å²) in [5, 5.41) is 0. The quantitative estimate of drug-likeness (QED) is 0.692. The topological polar surface area (TPSA) is 0 Å². The third-order valence-electron chi connectivity index (χ3n) is 3.17. The zero-order valence-corrected chi connectivity index (χ0v) is 14.3. The van der Waals surface area contributed by atoms with E-state index in [0.29, 0.717) is 8.55 Å². The summed E-state index contributed by atoms with van der Waals surface area (Å²) < 4.78 is 0. The summed E-state index contributed by atoms with van der Waals surface area (Å²) >= 11 is 0. The van der Waals surface area contributed by atoms with Crippen LogP contribution in [-0.4, -0.2) is 25.9 Å². The Bertz CT molecular complexity index is 277. The van der Waals surface area contributed by atoms with Gasteiger partial charge in [0.15, 0.2) is 0 Å². The molecule has 0 unspecified atom stereocenters. The Balaban J connectivity index is 2.50. The summed E-state index contributed by atoms with van der Waals surface area (Å²) in [5.41, 5.74) is 2.92. The minimum absolute atomic E-state index is 0.396. The van der Waals surface area contributed by atoms with Gasteiger partial charge in [-0.15, -0.1) is 0 Å². The molecule has 0 saturated carbocycles. The van der Waals surface area contributed by atoms with Crippen molar-refractivity contribution >= 4 is 25.9 Å². The Kier molecular flexibility index (Phi) is 4.34. The highest BCUT2D eigenvalue weighted by Gasteiger charge is 2.17. The molecule has 14 heavy (non-hydrogen) atoms. The molecule has 0 heterocycles. The lowest BCUT2D eigenvalue weighted by molar-refractivity contribution is 1.10. The van der Waals surface area contributed by atoms with Crippen LogP contribution >= 0.6 is 0 Å². The predicted octanol–water partition coefficient (Wildman–Crippen LogP) is 1.19. The minimum atomic E-state index is -0.673. The average Bonchev–Trinajstić information content (AvgIpc) is 2.17. The summed E-state index contributed by atoms with van der Waals surface area (Å²) in [4.78, 5) is 0. The highest BCUT2D eigenvalue weighted by molar-refractivity contribution is 7.39. The van der Waals surface area contributed by atoms with Gasteiger partial charge in [0.05, 0.1) is 0 Å². The molecule has 0 nitrogen and oxygen atoms in total. The molecular weight excluding hydrogens is 216 g/mol. The van der Waals surface area contributed by atoms with Crippen LogP contribution in [0, 0.1) is 6.92 Å². The van der Waals surface area contributed by atoms with Crippen LogP contribution in [0.3, 0.4) is 0 Å². The van der Waals surface area contributed by atoms with E-state index in [1.807, 2.05) is 0 Å². The van der Waals surface area contributed by atoms with Gasteiger partial charge in [0.2, 0.25) is 0 Å². The lowest BCUT2D eigenvalue weighted by Crippen LogP contribution is -2.35. The van der Waals surface area contributed by atoms with Crippen molar-refractivity contribution in [2.24, 2.45) is 0 Å². The zero-order chi connectivity index (χ0) is 10.6. The molecular formula is C11H22Si3. The van der Waals surface area contributed by atoms with Crippen LogP contribution in [-0.2, 0) is 6.42 Å². The second-order valence-electron chi connectivity index (χ2n) is 5.00. The second-order valence-corrected chi connectivity index (χ2v) is 24.8. The Morgan fingerprint density at radius 3 is 2.29 bits per heavy atom. The first-order chi connectivity index (χ1) is 6.53. The molecule has 0 amide bonds. The summed E-state index contributed by atoms with van der Waals surface area (Å²) in [5.74, 6) is 0. The van der Waals surface area contributed by atoms with E-state index in [9.17, 15) is 0 Å². The van der Waals surface area contributed by atoms with Gasteiger partial charge in [-0.2, -0.15) is 0 Å². The van der Waals surface area contributed by atoms with Gasteiger partial charge in [0, 0.05) is 16.1 Å². The summed E-state index contributed by atoms with van der Waals surface area (Å²) in [6, 6.07) is 10.6. The van der Waals surface area contributed by atoms with Gasteiger partial charge in [-0.1, -0.05) is 49.0 Å². The van der Waals surface area contributed by atoms with E-state index in [2.05, 4.69) is 44.3 Å². The van der Waals surface area contributed by atoms with E-state index in [0.717, 1.165) is 0 Å². The maximum Gasteiger partial charge on any atom is 0.0309 e. The fraction of sp³-hybridized carbons (Fsp3) is 0.455. The summed E-state index contributed by atoms with van der Waals surface area (Å²) in [6.45, 7) is 7.33. The van der Waals surface area contributed by atoms with Crippen LogP contribution < -0.4 is 0 Å². The van der Waals surface area contributed by atoms with Gasteiger partial charge in [-0.05, 0) is 28.7 Å². The third-order valence-corrected chi connectivity index (χ3v) is 30.7. The first-order valence-electron chi connectivity index (χ1n) is 5.59. The number of hydrogen-bond acceptors (Lipinski definition) is 0. The normalized spacial score (nSPS) is 12.8. The zero-order valence-electron chi connectivity index (χ0n) is 9.93. The molecule has 0 aromatic heterocycles. The number of benzene rings is 1. The molecule has 1 aromatic rings. The van der Waals surface area contributed by atoms with Crippen molar-refractivity contribution in [3.05, 3.63) is 35.4 Å². The standard InChI is InChI=1S/C11H22Si3/c1-10-4-6-11(7-5-10)8-9-14(2,3)13-12/h4-7H,8-9,13H2,1-3,12H3. The molecule has 0 fully saturated rings. The monoisotopic (exact) mass is 238 g/mol. The third kappa shape index (κ3) is 3.94. The van der Waals surface area contributed by atoms with Gasteiger partial charge in [0.1, 0.15) is 0 Å². The molecule has 0 aliphatic rings. The molecule has 0 atom stereocenters. The van der Waals surface area contributed by atoms with E-state index in [-0.39, 0.29) is 0 Å². The molecule has 0 N–H and O–H groups in total. The Labute approximate surface area is 94.0 Å². The van der Waals surface area contributed by atoms with Gasteiger partial charge in [0.25, 0.3) is 0 Å². The molecule has 1 rings (SSSR count). The lowest BCUT2D eigenvalue weighted by Gasteiger charge is -2.19. The van der Waals surface area contributed by atoms with Gasteiger partial charge in [-0.3, -0.25) is 0 Å². The van der Waals surface area contributed by atoms with Crippen molar-refractivity contribution in [3.63, 3.8) is 0 Å². The first-order valence-corrected chi connectivity index (χ1v) is 16.8. The highest BCUT2D eigenvalue weighted by atomic mass is 29.5. The maximum atomic E-state index is 2.58. The van der Waals surface area contributed by atoms with Crippen molar-refractivity contribution in [3.8, 4) is 0 Å². The van der Waals surface area contributed by atoms with Crippen molar-refractivity contribution < 1.29 is 0 Å². The molecule has 1 aromatic carbocycles. The van der Waals surface area contributed by atoms with Crippen molar-refractivity contribution in [2.75, 3.05) is 0 Å². The molecule has 0 spiro atoms. The molecule has 3 heteroatoms. The number of rotatable bonds is 4. The number of aryl methyl sites for hydroxylation is 2. The van der Waals surface area contributed by atoms with Crippen molar-refractivity contribution in [1.29, 1.82) is 0 Å². The molecule has 0 saturated heterocycles. The smallest absolute Gasteiger partial charge is 0.0309 e. The van der Waals surface area contributed by atoms with Gasteiger partial charge in [-0.25, -0.2) is 0 Å². The minimum Gasteiger partial charge on any atom is -0.0720 e. The first kappa shape index (κ1) is 11.9. The number of hydrogen-bond donors (Lipinski definition) is 0. The van der Waals surface area contributed by atoms with E-state index in [1.165, 1.54) is 27.8 Å².